The van der Waals surface area contributed by atoms with Crippen molar-refractivity contribution in [2.24, 2.45) is 5.92 Å². The molecular weight excluding hydrogens is 695 g/mol. The molecule has 6 aromatic carbocycles. The van der Waals surface area contributed by atoms with E-state index in [1.807, 2.05) is 0 Å². The minimum atomic E-state index is -0.646. The molecule has 0 aliphatic heterocycles. The van der Waals surface area contributed by atoms with Crippen LogP contribution in [0.15, 0.2) is 121 Å². The molecule has 0 nitrogen and oxygen atoms in total. The van der Waals surface area contributed by atoms with Crippen molar-refractivity contribution < 1.29 is 47.2 Å². The van der Waals surface area contributed by atoms with Gasteiger partial charge < -0.3 is 24.8 Å². The van der Waals surface area contributed by atoms with Gasteiger partial charge in [0, 0.05) is 0 Å². The topological polar surface area (TPSA) is 0 Å². The average molecular weight is 733 g/mol. The summed E-state index contributed by atoms with van der Waals surface area (Å²) in [5.74, 6) is 0.176. The largest absolute Gasteiger partial charge is 1.00 e. The van der Waals surface area contributed by atoms with Crippen LogP contribution in [-0.2, 0) is 22.4 Å². The molecule has 0 aromatic heterocycles. The van der Waals surface area contributed by atoms with Gasteiger partial charge in [0.1, 0.15) is 0 Å². The minimum absolute atomic E-state index is 0. The Bertz CT molecular complexity index is 2060. The Morgan fingerprint density at radius 2 is 1.22 bits per heavy atom. The Hall–Kier alpha value is -2.74. The molecule has 0 radical (unpaired) electrons. The molecule has 4 heteroatoms. The fourth-order valence-electron chi connectivity index (χ4n) is 8.00. The van der Waals surface area contributed by atoms with Crippen molar-refractivity contribution in [2.45, 2.75) is 42.9 Å². The van der Waals surface area contributed by atoms with Gasteiger partial charge in [0.25, 0.3) is 0 Å². The van der Waals surface area contributed by atoms with E-state index in [4.69, 9.17) is 0 Å². The van der Waals surface area contributed by atoms with Crippen LogP contribution in [0.3, 0.4) is 0 Å². The zero-order valence-electron chi connectivity index (χ0n) is 26.8. The van der Waals surface area contributed by atoms with Crippen LogP contribution in [0.1, 0.15) is 57.6 Å². The van der Waals surface area contributed by atoms with Crippen molar-refractivity contribution in [3.05, 3.63) is 149 Å². The van der Waals surface area contributed by atoms with Gasteiger partial charge in [-0.05, 0) is 0 Å². The summed E-state index contributed by atoms with van der Waals surface area (Å²) in [7, 11) is 0. The fourth-order valence-corrected chi connectivity index (χ4v) is 17.9. The quantitative estimate of drug-likeness (QED) is 0.160. The summed E-state index contributed by atoms with van der Waals surface area (Å²) in [6, 6.07) is 44.0. The van der Waals surface area contributed by atoms with Crippen molar-refractivity contribution in [3.8, 4) is 22.3 Å². The van der Waals surface area contributed by atoms with Gasteiger partial charge in [-0.15, -0.1) is 0 Å². The van der Waals surface area contributed by atoms with Crippen LogP contribution in [-0.4, -0.2) is 5.92 Å². The third kappa shape index (κ3) is 5.31. The Kier molecular flexibility index (Phi) is 9.67. The number of rotatable bonds is 6. The van der Waals surface area contributed by atoms with Crippen molar-refractivity contribution in [2.75, 3.05) is 0 Å². The molecule has 0 saturated heterocycles. The summed E-state index contributed by atoms with van der Waals surface area (Å²) in [6.07, 6.45) is 3.75. The molecule has 6 aromatic rings. The maximum Gasteiger partial charge on any atom is -1.00 e. The normalized spacial score (nSPS) is 16.6. The van der Waals surface area contributed by atoms with Crippen LogP contribution in [0.2, 0.25) is 13.1 Å². The van der Waals surface area contributed by atoms with Gasteiger partial charge in [0.05, 0.1) is 0 Å². The number of halogens is 2. The van der Waals surface area contributed by atoms with Crippen molar-refractivity contribution in [1.29, 1.82) is 0 Å². The van der Waals surface area contributed by atoms with Gasteiger partial charge in [-0.3, -0.25) is 0 Å². The average Bonchev–Trinajstić information content (AvgIpc) is 3.59. The molecule has 0 N–H and O–H groups in total. The molecule has 228 valence electrons. The summed E-state index contributed by atoms with van der Waals surface area (Å²) < 4.78 is 0.667. The molecule has 0 heterocycles. The zero-order chi connectivity index (χ0) is 29.9. The van der Waals surface area contributed by atoms with Crippen LogP contribution in [0.5, 0.6) is 0 Å². The van der Waals surface area contributed by atoms with E-state index in [0.717, 1.165) is 6.42 Å². The van der Waals surface area contributed by atoms with Gasteiger partial charge in [-0.1, -0.05) is 0 Å². The number of fused-ring (bicyclic) bond motifs is 6. The first kappa shape index (κ1) is 33.2. The van der Waals surface area contributed by atoms with Crippen LogP contribution in [0.25, 0.3) is 49.9 Å². The zero-order valence-corrected chi connectivity index (χ0v) is 31.9. The van der Waals surface area contributed by atoms with Crippen LogP contribution in [0, 0.1) is 5.92 Å². The molecule has 46 heavy (non-hydrogen) atoms. The molecule has 0 fully saturated rings. The van der Waals surface area contributed by atoms with E-state index in [2.05, 4.69) is 148 Å². The SMILES string of the molecule is CCC(C)C1=Cc2c(-c3c4ccccc4cc4ccccc34)cccc2C1c1cccc2c1[CH]([Zr+2][SiH](C)C)c1ccccc1-2.[Cl-].[Cl-]. The van der Waals surface area contributed by atoms with E-state index in [9.17, 15) is 0 Å². The predicted molar refractivity (Wildman–Crippen MR) is 189 cm³/mol. The van der Waals surface area contributed by atoms with Gasteiger partial charge >= 0.3 is 276 Å². The van der Waals surface area contributed by atoms with E-state index in [0.29, 0.717) is 15.5 Å². The second kappa shape index (κ2) is 13.4. The molecular formula is C42H38Cl2SiZr. The first-order valence-corrected chi connectivity index (χ1v) is 24.8. The Labute approximate surface area is 298 Å². The summed E-state index contributed by atoms with van der Waals surface area (Å²) >= 11 is -0.584. The first-order valence-electron chi connectivity index (χ1n) is 16.3. The molecule has 0 bridgehead atoms. The Balaban J connectivity index is 0.00000186. The number of hydrogen-bond acceptors (Lipinski definition) is 0. The fraction of sp³-hybridized carbons (Fsp3) is 0.190. The molecule has 0 saturated carbocycles. The summed E-state index contributed by atoms with van der Waals surface area (Å²) in [6.45, 7) is 9.99. The van der Waals surface area contributed by atoms with Crippen molar-refractivity contribution in [1.82, 2.24) is 0 Å². The van der Waals surface area contributed by atoms with E-state index in [1.165, 1.54) is 54.9 Å². The van der Waals surface area contributed by atoms with Crippen molar-refractivity contribution in [3.63, 3.8) is 0 Å². The number of benzene rings is 6. The first-order chi connectivity index (χ1) is 21.5. The van der Waals surface area contributed by atoms with Crippen molar-refractivity contribution >= 4 is 33.5 Å². The van der Waals surface area contributed by atoms with Crippen LogP contribution in [0.4, 0.5) is 0 Å². The van der Waals surface area contributed by atoms with E-state index in [-0.39, 0.29) is 24.8 Å². The van der Waals surface area contributed by atoms with Gasteiger partial charge in [-0.2, -0.15) is 0 Å². The second-order valence-corrected chi connectivity index (χ2v) is 28.1. The standard InChI is InChI=1S/C40H31.C2H7Si.2ClH.Zr/c1-3-25(2)36-24-38-34(39-30-16-8-5-12-26(30)22-27-13-6-9-17-31(27)39)20-11-21-35(38)40(36)33-19-10-18-32-29-15-7-4-14-28(29)23-37(32)33;1-3-2;;;/h4-25,40H,3H2,1-2H3;3H,1-2H3;2*1H;/q;;;;+2/p-2. The monoisotopic (exact) mass is 730 g/mol. The number of allylic oxidation sites excluding steroid dienone is 1. The predicted octanol–water partition coefficient (Wildman–Crippen LogP) is 5.38. The Morgan fingerprint density at radius 3 is 1.89 bits per heavy atom. The molecule has 0 amide bonds. The van der Waals surface area contributed by atoms with Gasteiger partial charge in [-0.25, -0.2) is 0 Å². The van der Waals surface area contributed by atoms with Crippen LogP contribution >= 0.6 is 0 Å². The molecule has 8 rings (SSSR count). The van der Waals surface area contributed by atoms with Crippen LogP contribution < -0.4 is 24.8 Å². The molecule has 0 spiro atoms. The third-order valence-electron chi connectivity index (χ3n) is 10.1. The van der Waals surface area contributed by atoms with Gasteiger partial charge in [0.2, 0.25) is 0 Å². The van der Waals surface area contributed by atoms with E-state index < -0.39 is 28.3 Å². The molecule has 2 aliphatic carbocycles. The van der Waals surface area contributed by atoms with Gasteiger partial charge in [0.15, 0.2) is 0 Å². The second-order valence-electron chi connectivity index (χ2n) is 13.0. The Morgan fingerprint density at radius 1 is 0.652 bits per heavy atom. The van der Waals surface area contributed by atoms with E-state index >= 15 is 0 Å². The molecule has 3 unspecified atom stereocenters. The van der Waals surface area contributed by atoms with E-state index in [1.54, 1.807) is 22.3 Å². The molecule has 2 aliphatic rings. The smallest absolute Gasteiger partial charge is 1.00 e. The summed E-state index contributed by atoms with van der Waals surface area (Å²) in [4.78, 5) is 0. The maximum atomic E-state index is 2.60. The number of hydrogen-bond donors (Lipinski definition) is 0. The summed E-state index contributed by atoms with van der Waals surface area (Å²) in [5.41, 5.74) is 15.1. The summed E-state index contributed by atoms with van der Waals surface area (Å²) in [5, 5.41) is 5.30. The molecule has 3 atom stereocenters. The third-order valence-corrected chi connectivity index (χ3v) is 20.0. The maximum absolute atomic E-state index is 2.60. The minimum Gasteiger partial charge on any atom is -1.00 e.